The summed E-state index contributed by atoms with van der Waals surface area (Å²) in [6.07, 6.45) is 108. The second-order valence-corrected chi connectivity index (χ2v) is 32.3. The van der Waals surface area contributed by atoms with E-state index in [-0.39, 0.29) is 19.5 Å². The molecule has 0 aliphatic carbocycles. The number of aryl methyl sites for hydroxylation is 2. The Balaban J connectivity index is 0.000000737. The SMILES string of the molecule is C1=Cc2cc3ccc(cc4nc(cc5ccc(cc1n2)[nH]5)C=C4)[nH]3.CCCCCCCCCCCCCCCCCCc1cc[n+](CCCCCCCCCCCCCCCCCC)c(CCCCCCCCCCCCCCCCCC)c1CCCCCCCCCCCCCCCCCC.[Zn+2]. The molecule has 576 valence electrons. The number of unbranched alkanes of at least 4 members (excludes halogenated alkanes) is 60. The minimum Gasteiger partial charge on any atom is -0.355 e. The van der Waals surface area contributed by atoms with Crippen molar-refractivity contribution in [2.24, 2.45) is 0 Å². The van der Waals surface area contributed by atoms with Gasteiger partial charge in [-0.2, -0.15) is 0 Å². The molecule has 0 radical (unpaired) electrons. The van der Waals surface area contributed by atoms with Gasteiger partial charge in [0.05, 0.1) is 22.8 Å². The van der Waals surface area contributed by atoms with Gasteiger partial charge >= 0.3 is 19.5 Å². The van der Waals surface area contributed by atoms with E-state index in [1.807, 2.05) is 54.1 Å². The number of aromatic amines is 2. The summed E-state index contributed by atoms with van der Waals surface area (Å²) in [5.41, 5.74) is 13.2. The topological polar surface area (TPSA) is 61.2 Å². The van der Waals surface area contributed by atoms with E-state index in [4.69, 9.17) is 0 Å². The summed E-state index contributed by atoms with van der Waals surface area (Å²) in [6.45, 7) is 10.6. The molecule has 0 unspecified atom stereocenters. The van der Waals surface area contributed by atoms with E-state index in [0.717, 1.165) is 44.8 Å². The molecule has 0 saturated heterocycles. The largest absolute Gasteiger partial charge is 2.00 e. The van der Waals surface area contributed by atoms with Crippen LogP contribution in [0, 0.1) is 0 Å². The molecule has 103 heavy (non-hydrogen) atoms. The first-order chi connectivity index (χ1) is 50.6. The van der Waals surface area contributed by atoms with Crippen molar-refractivity contribution in [2.45, 2.75) is 464 Å². The van der Waals surface area contributed by atoms with Crippen LogP contribution in [-0.2, 0) is 45.3 Å². The number of aromatic nitrogens is 5. The smallest absolute Gasteiger partial charge is 0.355 e. The second kappa shape index (κ2) is 66.6. The van der Waals surface area contributed by atoms with Crippen molar-refractivity contribution < 1.29 is 24.0 Å². The van der Waals surface area contributed by atoms with Crippen LogP contribution in [0.1, 0.15) is 478 Å². The number of pyridine rings is 1. The van der Waals surface area contributed by atoms with Crippen molar-refractivity contribution >= 4 is 46.4 Å². The molecule has 2 aliphatic heterocycles. The van der Waals surface area contributed by atoms with Crippen LogP contribution in [0.2, 0.25) is 0 Å². The van der Waals surface area contributed by atoms with Crippen LogP contribution in [0.15, 0.2) is 60.8 Å². The summed E-state index contributed by atoms with van der Waals surface area (Å²) in [5, 5.41) is 0. The minimum atomic E-state index is 0. The number of fused-ring (bicyclic) bond motifs is 8. The quantitative estimate of drug-likeness (QED) is 0.0227. The molecule has 2 N–H and O–H groups in total. The number of rotatable bonds is 68. The van der Waals surface area contributed by atoms with Crippen LogP contribution in [0.3, 0.4) is 0 Å². The van der Waals surface area contributed by atoms with Crippen molar-refractivity contribution in [3.63, 3.8) is 0 Å². The van der Waals surface area contributed by atoms with E-state index in [0.29, 0.717) is 0 Å². The average Bonchev–Trinajstić information content (AvgIpc) is 1.81. The molecule has 0 aromatic carbocycles. The molecule has 0 amide bonds. The molecule has 6 heterocycles. The third-order valence-electron chi connectivity index (χ3n) is 22.7. The molecular weight excluding hydrogens is 1300 g/mol. The van der Waals surface area contributed by atoms with Crippen molar-refractivity contribution in [1.29, 1.82) is 0 Å². The van der Waals surface area contributed by atoms with E-state index in [1.54, 1.807) is 11.3 Å². The molecule has 0 fully saturated rings. The zero-order valence-corrected chi connectivity index (χ0v) is 71.7. The first kappa shape index (κ1) is 91.8. The molecule has 0 spiro atoms. The van der Waals surface area contributed by atoms with E-state index < -0.39 is 0 Å². The van der Waals surface area contributed by atoms with E-state index >= 15 is 0 Å². The maximum Gasteiger partial charge on any atom is 2.00 e. The Labute approximate surface area is 650 Å². The summed E-state index contributed by atoms with van der Waals surface area (Å²) in [6, 6.07) is 19.0. The van der Waals surface area contributed by atoms with Crippen LogP contribution >= 0.6 is 0 Å². The van der Waals surface area contributed by atoms with Gasteiger partial charge in [-0.25, -0.2) is 14.5 Å². The van der Waals surface area contributed by atoms with Gasteiger partial charge in [0.25, 0.3) is 0 Å². The second-order valence-electron chi connectivity index (χ2n) is 32.3. The fraction of sp³-hybridized carbons (Fsp3) is 0.742. The predicted octanol–water partition coefficient (Wildman–Crippen LogP) is 32.3. The number of hydrogen-bond donors (Lipinski definition) is 2. The first-order valence-corrected chi connectivity index (χ1v) is 45.7. The summed E-state index contributed by atoms with van der Waals surface area (Å²) in [5.74, 6) is 0. The van der Waals surface area contributed by atoms with Gasteiger partial charge in [0.15, 0.2) is 11.9 Å². The van der Waals surface area contributed by atoms with Crippen LogP contribution in [0.5, 0.6) is 0 Å². The van der Waals surface area contributed by atoms with Crippen molar-refractivity contribution in [3.8, 4) is 0 Å². The Morgan fingerprint density at radius 1 is 0.243 bits per heavy atom. The van der Waals surface area contributed by atoms with Crippen LogP contribution in [0.25, 0.3) is 46.4 Å². The van der Waals surface area contributed by atoms with Gasteiger partial charge in [-0.3, -0.25) is 0 Å². The maximum atomic E-state index is 4.63. The van der Waals surface area contributed by atoms with Crippen molar-refractivity contribution in [2.75, 3.05) is 0 Å². The fourth-order valence-electron chi connectivity index (χ4n) is 16.1. The van der Waals surface area contributed by atoms with E-state index in [2.05, 4.69) is 88.7 Å². The van der Waals surface area contributed by atoms with Crippen molar-refractivity contribution in [1.82, 2.24) is 19.9 Å². The van der Waals surface area contributed by atoms with Crippen LogP contribution in [-0.4, -0.2) is 19.9 Å². The molecule has 5 nitrogen and oxygen atoms in total. The Bertz CT molecular complexity index is 2530. The summed E-state index contributed by atoms with van der Waals surface area (Å²) >= 11 is 0. The van der Waals surface area contributed by atoms with Gasteiger partial charge in [-0.15, -0.1) is 0 Å². The molecule has 6 rings (SSSR count). The normalized spacial score (nSPS) is 11.8. The Kier molecular flexibility index (Phi) is 59.3. The predicted molar refractivity (Wildman–Crippen MR) is 455 cm³/mol. The third kappa shape index (κ3) is 48.4. The van der Waals surface area contributed by atoms with Gasteiger partial charge in [0.1, 0.15) is 6.54 Å². The monoisotopic (exact) mass is 1460 g/mol. The summed E-state index contributed by atoms with van der Waals surface area (Å²) in [7, 11) is 0. The standard InChI is InChI=1S/C77H150N.C20H14N4.Zn/c1-5-9-13-17-21-25-29-33-37-41-45-49-53-57-61-65-69-75-72-74-78(73-68-64-60-56-52-48-44-40-36-32-28-24-20-16-12-8-4)77(71-67-63-59-55-51-47-43-39-35-31-27-23-19-15-11-7-3)76(75)70-66-62-58-54-50-46-42-38-34-30-26-22-18-14-10-6-2;1-2-14-10-16-5-6-18(23-16)12-20-8-7-19(24-20)11-17-4-3-15(22-17)9-13(1)21-14;/h72,74H,5-71,73H2,1-4H3;1-12,21,24H;/q+1;;+2. The Morgan fingerprint density at radius 2 is 0.456 bits per heavy atom. The first-order valence-electron chi connectivity index (χ1n) is 45.7. The van der Waals surface area contributed by atoms with Crippen LogP contribution in [0.4, 0.5) is 0 Å². The summed E-state index contributed by atoms with van der Waals surface area (Å²) < 4.78 is 2.81. The van der Waals surface area contributed by atoms with Gasteiger partial charge < -0.3 is 9.97 Å². The zero-order valence-electron chi connectivity index (χ0n) is 68.7. The molecule has 2 aliphatic rings. The van der Waals surface area contributed by atoms with Gasteiger partial charge in [0.2, 0.25) is 0 Å². The number of hydrogen-bond acceptors (Lipinski definition) is 2. The maximum absolute atomic E-state index is 4.63. The average molecular weight is 1470 g/mol. The molecule has 0 atom stereocenters. The molecule has 4 aromatic rings. The molecule has 0 saturated carbocycles. The summed E-state index contributed by atoms with van der Waals surface area (Å²) in [4.78, 5) is 16.0. The molecule has 8 bridgehead atoms. The zero-order chi connectivity index (χ0) is 71.7. The van der Waals surface area contributed by atoms with Gasteiger partial charge in [-0.1, -0.05) is 407 Å². The molecule has 6 heteroatoms. The number of H-pyrrole nitrogens is 2. The number of nitrogens with zero attached hydrogens (tertiary/aromatic N) is 3. The Morgan fingerprint density at radius 3 is 0.709 bits per heavy atom. The van der Waals surface area contributed by atoms with Gasteiger partial charge in [-0.05, 0) is 117 Å². The van der Waals surface area contributed by atoms with E-state index in [9.17, 15) is 0 Å². The van der Waals surface area contributed by atoms with Gasteiger partial charge in [0, 0.05) is 46.5 Å². The fourth-order valence-corrected chi connectivity index (χ4v) is 16.1. The minimum absolute atomic E-state index is 0. The molecule has 4 aromatic heterocycles. The van der Waals surface area contributed by atoms with Crippen LogP contribution < -0.4 is 4.57 Å². The van der Waals surface area contributed by atoms with E-state index in [1.165, 1.54) is 437 Å². The molecular formula is C97H164N5Zn+3. The third-order valence-corrected chi connectivity index (χ3v) is 22.7. The number of nitrogens with one attached hydrogen (secondary N) is 2. The Hall–Kier alpha value is -3.63. The van der Waals surface area contributed by atoms with Crippen molar-refractivity contribution in [3.05, 3.63) is 100 Å².